The normalized spacial score (nSPS) is 28.5. The summed E-state index contributed by atoms with van der Waals surface area (Å²) in [5.41, 5.74) is 1.16. The molecule has 0 aliphatic carbocycles. The Morgan fingerprint density at radius 3 is 2.55 bits per heavy atom. The predicted octanol–water partition coefficient (Wildman–Crippen LogP) is 3.72. The molecule has 0 aromatic heterocycles. The first-order valence-corrected chi connectivity index (χ1v) is 7.81. The van der Waals surface area contributed by atoms with E-state index in [0.29, 0.717) is 18.1 Å². The molecule has 0 radical (unpaired) electrons. The van der Waals surface area contributed by atoms with Gasteiger partial charge in [0.15, 0.2) is 0 Å². The highest BCUT2D eigenvalue weighted by atomic mass is 79.9. The number of benzene rings is 1. The molecule has 3 rings (SSSR count). The zero-order valence-electron chi connectivity index (χ0n) is 11.6. The SMILES string of the molecule is CN(Cc1ccc(F)cc1Br)C1CC2CCC(C1)N2.Cl. The van der Waals surface area contributed by atoms with E-state index in [1.54, 1.807) is 12.1 Å². The van der Waals surface area contributed by atoms with Gasteiger partial charge in [0.25, 0.3) is 0 Å². The molecular formula is C15H21BrClFN2. The van der Waals surface area contributed by atoms with Crippen molar-refractivity contribution in [2.75, 3.05) is 7.05 Å². The molecule has 1 aromatic rings. The summed E-state index contributed by atoms with van der Waals surface area (Å²) in [7, 11) is 2.19. The molecule has 0 saturated carbocycles. The largest absolute Gasteiger partial charge is 0.311 e. The lowest BCUT2D eigenvalue weighted by molar-refractivity contribution is 0.165. The van der Waals surface area contributed by atoms with Crippen LogP contribution in [0, 0.1) is 5.82 Å². The van der Waals surface area contributed by atoms with Crippen LogP contribution < -0.4 is 5.32 Å². The number of halogens is 3. The molecule has 20 heavy (non-hydrogen) atoms. The fraction of sp³-hybridized carbons (Fsp3) is 0.600. The van der Waals surface area contributed by atoms with Crippen LogP contribution in [0.2, 0.25) is 0 Å². The van der Waals surface area contributed by atoms with Gasteiger partial charge in [-0.15, -0.1) is 12.4 Å². The average molecular weight is 364 g/mol. The van der Waals surface area contributed by atoms with E-state index in [0.717, 1.165) is 16.6 Å². The quantitative estimate of drug-likeness (QED) is 0.880. The number of nitrogens with one attached hydrogen (secondary N) is 1. The van der Waals surface area contributed by atoms with Crippen molar-refractivity contribution in [1.82, 2.24) is 10.2 Å². The third-order valence-electron chi connectivity index (χ3n) is 4.51. The zero-order valence-corrected chi connectivity index (χ0v) is 14.0. The molecule has 2 fully saturated rings. The van der Waals surface area contributed by atoms with Gasteiger partial charge in [-0.2, -0.15) is 0 Å². The summed E-state index contributed by atoms with van der Waals surface area (Å²) in [6, 6.07) is 7.04. The Morgan fingerprint density at radius 1 is 1.30 bits per heavy atom. The molecule has 2 nitrogen and oxygen atoms in total. The smallest absolute Gasteiger partial charge is 0.124 e. The van der Waals surface area contributed by atoms with Gasteiger partial charge in [-0.05, 0) is 50.4 Å². The van der Waals surface area contributed by atoms with Crippen LogP contribution in [0.5, 0.6) is 0 Å². The van der Waals surface area contributed by atoms with Gasteiger partial charge in [-0.3, -0.25) is 4.90 Å². The minimum atomic E-state index is -0.182. The molecule has 2 aliphatic rings. The van der Waals surface area contributed by atoms with Crippen molar-refractivity contribution < 1.29 is 4.39 Å². The maximum Gasteiger partial charge on any atom is 0.124 e. The van der Waals surface area contributed by atoms with Gasteiger partial charge in [-0.1, -0.05) is 22.0 Å². The Morgan fingerprint density at radius 2 is 1.95 bits per heavy atom. The molecule has 2 heterocycles. The van der Waals surface area contributed by atoms with Crippen molar-refractivity contribution in [2.24, 2.45) is 0 Å². The van der Waals surface area contributed by atoms with E-state index in [4.69, 9.17) is 0 Å². The van der Waals surface area contributed by atoms with Gasteiger partial charge >= 0.3 is 0 Å². The summed E-state index contributed by atoms with van der Waals surface area (Å²) in [4.78, 5) is 2.42. The average Bonchev–Trinajstić information content (AvgIpc) is 2.71. The van der Waals surface area contributed by atoms with Crippen molar-refractivity contribution in [1.29, 1.82) is 0 Å². The van der Waals surface area contributed by atoms with Crippen molar-refractivity contribution in [3.8, 4) is 0 Å². The molecule has 2 atom stereocenters. The second kappa shape index (κ2) is 6.73. The molecule has 112 valence electrons. The van der Waals surface area contributed by atoms with Crippen LogP contribution in [0.4, 0.5) is 4.39 Å². The lowest BCUT2D eigenvalue weighted by Gasteiger charge is -2.35. The maximum absolute atomic E-state index is 13.1. The maximum atomic E-state index is 13.1. The van der Waals surface area contributed by atoms with E-state index in [2.05, 4.69) is 33.2 Å². The number of nitrogens with zero attached hydrogens (tertiary/aromatic N) is 1. The highest BCUT2D eigenvalue weighted by Crippen LogP contribution is 2.30. The van der Waals surface area contributed by atoms with E-state index >= 15 is 0 Å². The second-order valence-electron chi connectivity index (χ2n) is 5.91. The summed E-state index contributed by atoms with van der Waals surface area (Å²) in [6.45, 7) is 0.880. The molecule has 2 unspecified atom stereocenters. The van der Waals surface area contributed by atoms with Gasteiger partial charge in [0.1, 0.15) is 5.82 Å². The van der Waals surface area contributed by atoms with Crippen LogP contribution >= 0.6 is 28.3 Å². The number of hydrogen-bond acceptors (Lipinski definition) is 2. The number of hydrogen-bond donors (Lipinski definition) is 1. The molecule has 1 aromatic carbocycles. The fourth-order valence-electron chi connectivity index (χ4n) is 3.43. The van der Waals surface area contributed by atoms with Crippen LogP contribution in [-0.4, -0.2) is 30.1 Å². The first-order valence-electron chi connectivity index (χ1n) is 7.02. The van der Waals surface area contributed by atoms with Crippen LogP contribution in [0.3, 0.4) is 0 Å². The lowest BCUT2D eigenvalue weighted by atomic mass is 9.98. The Bertz CT molecular complexity index is 459. The molecule has 5 heteroatoms. The Balaban J connectivity index is 0.00000147. The monoisotopic (exact) mass is 362 g/mol. The van der Waals surface area contributed by atoms with E-state index < -0.39 is 0 Å². The van der Waals surface area contributed by atoms with Gasteiger partial charge in [0.2, 0.25) is 0 Å². The first kappa shape index (κ1) is 16.2. The van der Waals surface area contributed by atoms with Gasteiger partial charge in [-0.25, -0.2) is 4.39 Å². The van der Waals surface area contributed by atoms with Crippen LogP contribution in [0.1, 0.15) is 31.2 Å². The first-order chi connectivity index (χ1) is 9.11. The number of piperidine rings is 1. The lowest BCUT2D eigenvalue weighted by Crippen LogP contribution is -2.46. The van der Waals surface area contributed by atoms with Crippen molar-refractivity contribution in [2.45, 2.75) is 50.4 Å². The van der Waals surface area contributed by atoms with Crippen molar-refractivity contribution >= 4 is 28.3 Å². The topological polar surface area (TPSA) is 15.3 Å². The molecule has 0 spiro atoms. The predicted molar refractivity (Wildman–Crippen MR) is 85.8 cm³/mol. The molecule has 2 aliphatic heterocycles. The minimum Gasteiger partial charge on any atom is -0.311 e. The molecule has 0 amide bonds. The number of fused-ring (bicyclic) bond motifs is 2. The number of rotatable bonds is 3. The minimum absolute atomic E-state index is 0. The molecule has 1 N–H and O–H groups in total. The van der Waals surface area contributed by atoms with Gasteiger partial charge in [0.05, 0.1) is 0 Å². The second-order valence-corrected chi connectivity index (χ2v) is 6.77. The van der Waals surface area contributed by atoms with E-state index in [-0.39, 0.29) is 18.2 Å². The van der Waals surface area contributed by atoms with Crippen LogP contribution in [-0.2, 0) is 6.54 Å². The standard InChI is InChI=1S/C15H20BrFN2.ClH/c1-19(9-10-2-3-11(17)6-15(10)16)14-7-12-4-5-13(8-14)18-12;/h2-3,6,12-14,18H,4-5,7-9H2,1H3;1H. The molecular weight excluding hydrogens is 343 g/mol. The molecule has 2 bridgehead atoms. The summed E-state index contributed by atoms with van der Waals surface area (Å²) in [6.07, 6.45) is 5.14. The van der Waals surface area contributed by atoms with Crippen LogP contribution in [0.25, 0.3) is 0 Å². The third kappa shape index (κ3) is 3.53. The van der Waals surface area contributed by atoms with Crippen molar-refractivity contribution in [3.05, 3.63) is 34.1 Å². The van der Waals surface area contributed by atoms with E-state index in [1.165, 1.54) is 25.7 Å². The van der Waals surface area contributed by atoms with E-state index in [1.807, 2.05) is 6.07 Å². The third-order valence-corrected chi connectivity index (χ3v) is 5.24. The molecule has 2 saturated heterocycles. The zero-order chi connectivity index (χ0) is 13.4. The summed E-state index contributed by atoms with van der Waals surface area (Å²) < 4.78 is 14.0. The summed E-state index contributed by atoms with van der Waals surface area (Å²) in [5.74, 6) is -0.182. The van der Waals surface area contributed by atoms with Crippen molar-refractivity contribution in [3.63, 3.8) is 0 Å². The van der Waals surface area contributed by atoms with E-state index in [9.17, 15) is 4.39 Å². The summed E-state index contributed by atoms with van der Waals surface area (Å²) in [5, 5.41) is 3.67. The Labute approximate surface area is 134 Å². The highest BCUT2D eigenvalue weighted by molar-refractivity contribution is 9.10. The highest BCUT2D eigenvalue weighted by Gasteiger charge is 2.34. The van der Waals surface area contributed by atoms with Gasteiger partial charge in [0, 0.05) is 29.1 Å². The Hall–Kier alpha value is -0.160. The van der Waals surface area contributed by atoms with Gasteiger partial charge < -0.3 is 5.32 Å². The van der Waals surface area contributed by atoms with Crippen LogP contribution in [0.15, 0.2) is 22.7 Å². The Kier molecular flexibility index (Phi) is 5.46. The summed E-state index contributed by atoms with van der Waals surface area (Å²) >= 11 is 3.46. The fourth-order valence-corrected chi connectivity index (χ4v) is 3.91.